The first-order valence-electron chi connectivity index (χ1n) is 12.9. The second kappa shape index (κ2) is 10.0. The van der Waals surface area contributed by atoms with Crippen molar-refractivity contribution in [1.29, 1.82) is 0 Å². The number of nitrogens with zero attached hydrogens (tertiary/aromatic N) is 4. The maximum atomic E-state index is 12.4. The number of hydrogen-bond donors (Lipinski definition) is 0. The molecule has 0 aliphatic carbocycles. The van der Waals surface area contributed by atoms with Gasteiger partial charge in [0, 0.05) is 65.8 Å². The molecule has 0 radical (unpaired) electrons. The van der Waals surface area contributed by atoms with E-state index in [1.54, 1.807) is 9.80 Å². The second-order valence-electron chi connectivity index (χ2n) is 10.5. The molecule has 0 saturated carbocycles. The molecule has 0 bridgehead atoms. The Kier molecular flexibility index (Phi) is 6.82. The van der Waals surface area contributed by atoms with Crippen LogP contribution in [-0.2, 0) is 22.7 Å². The average Bonchev–Trinajstić information content (AvgIpc) is 3.06. The van der Waals surface area contributed by atoms with E-state index >= 15 is 0 Å². The van der Waals surface area contributed by atoms with Crippen molar-refractivity contribution in [2.24, 2.45) is 0 Å². The lowest BCUT2D eigenvalue weighted by atomic mass is 9.93. The van der Waals surface area contributed by atoms with Crippen LogP contribution in [0.4, 0.5) is 0 Å². The summed E-state index contributed by atoms with van der Waals surface area (Å²) >= 11 is 0. The van der Waals surface area contributed by atoms with Gasteiger partial charge in [0.2, 0.25) is 11.8 Å². The Labute approximate surface area is 214 Å². The van der Waals surface area contributed by atoms with Crippen molar-refractivity contribution >= 4 is 24.0 Å². The maximum absolute atomic E-state index is 12.4. The Morgan fingerprint density at radius 1 is 0.667 bits per heavy atom. The van der Waals surface area contributed by atoms with Crippen LogP contribution < -0.4 is 0 Å². The summed E-state index contributed by atoms with van der Waals surface area (Å²) in [5.74, 6) is 0.0285. The van der Waals surface area contributed by atoms with E-state index in [2.05, 4.69) is 58.4 Å². The van der Waals surface area contributed by atoms with E-state index in [9.17, 15) is 9.59 Å². The van der Waals surface area contributed by atoms with Gasteiger partial charge in [-0.2, -0.15) is 0 Å². The van der Waals surface area contributed by atoms with Crippen LogP contribution >= 0.6 is 0 Å². The van der Waals surface area contributed by atoms with Crippen molar-refractivity contribution in [2.45, 2.75) is 38.8 Å². The minimum atomic E-state index is -0.120. The van der Waals surface area contributed by atoms with Crippen molar-refractivity contribution in [3.05, 3.63) is 82.2 Å². The normalized spacial score (nSPS) is 22.9. The van der Waals surface area contributed by atoms with E-state index in [-0.39, 0.29) is 23.7 Å². The van der Waals surface area contributed by atoms with Crippen LogP contribution in [0.1, 0.15) is 59.1 Å². The van der Waals surface area contributed by atoms with Crippen molar-refractivity contribution in [3.63, 3.8) is 0 Å². The van der Waals surface area contributed by atoms with Crippen LogP contribution in [0.25, 0.3) is 12.2 Å². The summed E-state index contributed by atoms with van der Waals surface area (Å²) in [5.41, 5.74) is 7.10. The lowest BCUT2D eigenvalue weighted by molar-refractivity contribution is -0.129. The van der Waals surface area contributed by atoms with E-state index < -0.39 is 0 Å². The van der Waals surface area contributed by atoms with Crippen molar-refractivity contribution < 1.29 is 9.59 Å². The predicted octanol–water partition coefficient (Wildman–Crippen LogP) is 4.10. The zero-order valence-corrected chi connectivity index (χ0v) is 21.8. The highest BCUT2D eigenvalue weighted by molar-refractivity contribution is 5.88. The molecule has 1 saturated heterocycles. The van der Waals surface area contributed by atoms with Crippen LogP contribution in [0.5, 0.6) is 0 Å². The summed E-state index contributed by atoms with van der Waals surface area (Å²) in [6.07, 6.45) is 7.87. The molecule has 0 unspecified atom stereocenters. The van der Waals surface area contributed by atoms with E-state index in [1.807, 2.05) is 40.3 Å². The lowest BCUT2D eigenvalue weighted by Crippen LogP contribution is -2.45. The maximum Gasteiger partial charge on any atom is 0.233 e. The van der Waals surface area contributed by atoms with Crippen molar-refractivity contribution in [2.75, 3.05) is 40.3 Å². The van der Waals surface area contributed by atoms with E-state index in [4.69, 9.17) is 0 Å². The molecular formula is C30H36N4O2. The molecule has 188 valence electrons. The van der Waals surface area contributed by atoms with E-state index in [1.165, 1.54) is 11.1 Å². The number of carbonyl (C=O) groups is 2. The van der Waals surface area contributed by atoms with Gasteiger partial charge in [-0.15, -0.1) is 0 Å². The Bertz CT molecular complexity index is 1130. The number of likely N-dealkylation sites (N-methyl/N-ethyl adjacent to an activating group) is 2. The molecule has 36 heavy (non-hydrogen) atoms. The van der Waals surface area contributed by atoms with Crippen LogP contribution in [0.15, 0.2) is 48.8 Å². The molecule has 6 heteroatoms. The number of hydrogen-bond acceptors (Lipinski definition) is 4. The minimum Gasteiger partial charge on any atom is -0.322 e. The van der Waals surface area contributed by atoms with Crippen molar-refractivity contribution in [3.8, 4) is 0 Å². The largest absolute Gasteiger partial charge is 0.322 e. The number of amides is 2. The first-order valence-corrected chi connectivity index (χ1v) is 12.9. The van der Waals surface area contributed by atoms with Gasteiger partial charge >= 0.3 is 0 Å². The smallest absolute Gasteiger partial charge is 0.233 e. The Morgan fingerprint density at radius 2 is 1.06 bits per heavy atom. The molecule has 2 aromatic carbocycles. The molecule has 2 atom stereocenters. The summed E-state index contributed by atoms with van der Waals surface area (Å²) < 4.78 is 0. The van der Waals surface area contributed by atoms with Gasteiger partial charge in [-0.25, -0.2) is 0 Å². The molecule has 2 aromatic rings. The quantitative estimate of drug-likeness (QED) is 0.656. The third-order valence-electron chi connectivity index (χ3n) is 7.90. The Balaban J connectivity index is 1.19. The van der Waals surface area contributed by atoms with Crippen molar-refractivity contribution in [1.82, 2.24) is 19.6 Å². The second-order valence-corrected chi connectivity index (χ2v) is 10.5. The molecule has 0 aromatic heterocycles. The monoisotopic (exact) mass is 484 g/mol. The van der Waals surface area contributed by atoms with Gasteiger partial charge in [-0.1, -0.05) is 36.4 Å². The molecule has 3 aliphatic heterocycles. The third-order valence-corrected chi connectivity index (χ3v) is 7.90. The molecule has 1 fully saturated rings. The summed E-state index contributed by atoms with van der Waals surface area (Å²) in [4.78, 5) is 33.3. The number of carbonyl (C=O) groups excluding carboxylic acids is 2. The number of piperazine rings is 1. The molecule has 0 N–H and O–H groups in total. The van der Waals surface area contributed by atoms with Gasteiger partial charge in [-0.05, 0) is 59.4 Å². The van der Waals surface area contributed by atoms with Gasteiger partial charge in [-0.3, -0.25) is 19.4 Å². The fourth-order valence-electron chi connectivity index (χ4n) is 5.55. The molecule has 5 rings (SSSR count). The molecule has 6 nitrogen and oxygen atoms in total. The van der Waals surface area contributed by atoms with E-state index in [0.717, 1.165) is 61.5 Å². The summed E-state index contributed by atoms with van der Waals surface area (Å²) in [5, 5.41) is 0. The molecule has 3 heterocycles. The third kappa shape index (κ3) is 4.88. The number of fused-ring (bicyclic) bond motifs is 2. The summed E-state index contributed by atoms with van der Waals surface area (Å²) in [6.45, 7) is 9.96. The highest BCUT2D eigenvalue weighted by atomic mass is 16.2. The fourth-order valence-corrected chi connectivity index (χ4v) is 5.55. The van der Waals surface area contributed by atoms with E-state index in [0.29, 0.717) is 0 Å². The van der Waals surface area contributed by atoms with Crippen LogP contribution in [0.2, 0.25) is 0 Å². The van der Waals surface area contributed by atoms with Crippen LogP contribution in [-0.4, -0.2) is 71.7 Å². The Hall–Kier alpha value is -3.22. The SMILES string of the molecule is C[C@H]1C(=O)N(C)C=Cc2cc(CN3CCN(Cc4ccc5c(c4)C=CN(C)C(=O)[C@@H]5C)CC3)ccc21. The molecular weight excluding hydrogens is 448 g/mol. The van der Waals surface area contributed by atoms with Crippen LogP contribution in [0, 0.1) is 0 Å². The molecule has 0 spiro atoms. The predicted molar refractivity (Wildman–Crippen MR) is 144 cm³/mol. The standard InChI is InChI=1S/C30H36N4O2/c1-21-27-7-5-23(17-25(27)9-11-31(3)29(21)35)19-33-13-15-34(16-14-33)20-24-6-8-28-22(2)30(36)32(4)12-10-26(28)18-24/h5-12,17-18,21-22H,13-16,19-20H2,1-4H3/t21-,22-/m1/s1. The molecule has 3 aliphatic rings. The van der Waals surface area contributed by atoms with Gasteiger partial charge in [0.25, 0.3) is 0 Å². The highest BCUT2D eigenvalue weighted by Crippen LogP contribution is 2.29. The Morgan fingerprint density at radius 3 is 1.44 bits per heavy atom. The highest BCUT2D eigenvalue weighted by Gasteiger charge is 2.25. The first kappa shape index (κ1) is 24.5. The summed E-state index contributed by atoms with van der Waals surface area (Å²) in [7, 11) is 3.65. The van der Waals surface area contributed by atoms with Gasteiger partial charge in [0.1, 0.15) is 0 Å². The number of benzene rings is 2. The van der Waals surface area contributed by atoms with Crippen LogP contribution in [0.3, 0.4) is 0 Å². The van der Waals surface area contributed by atoms with Gasteiger partial charge in [0.05, 0.1) is 11.8 Å². The molecule has 2 amide bonds. The zero-order valence-electron chi connectivity index (χ0n) is 21.8. The minimum absolute atomic E-state index is 0.120. The fraction of sp³-hybridized carbons (Fsp3) is 0.400. The van der Waals surface area contributed by atoms with Gasteiger partial charge < -0.3 is 9.80 Å². The lowest BCUT2D eigenvalue weighted by Gasteiger charge is -2.35. The zero-order chi connectivity index (χ0) is 25.4. The number of rotatable bonds is 4. The average molecular weight is 485 g/mol. The summed E-state index contributed by atoms with van der Waals surface area (Å²) in [6, 6.07) is 13.1. The first-order chi connectivity index (χ1) is 17.3. The van der Waals surface area contributed by atoms with Gasteiger partial charge in [0.15, 0.2) is 0 Å². The topological polar surface area (TPSA) is 47.1 Å².